The number of hydrogen-bond donors (Lipinski definition) is 1. The maximum atomic E-state index is 10.9. The van der Waals surface area contributed by atoms with Crippen LogP contribution in [0.25, 0.3) is 11.0 Å². The van der Waals surface area contributed by atoms with Gasteiger partial charge in [0.25, 0.3) is 0 Å². The van der Waals surface area contributed by atoms with Crippen LogP contribution in [-0.2, 0) is 7.05 Å². The van der Waals surface area contributed by atoms with E-state index in [4.69, 9.17) is 21.4 Å². The zero-order valence-corrected chi connectivity index (χ0v) is 11.7. The fourth-order valence-corrected chi connectivity index (χ4v) is 2.63. The Labute approximate surface area is 120 Å². The van der Waals surface area contributed by atoms with Crippen LogP contribution in [0.5, 0.6) is 5.75 Å². The first kappa shape index (κ1) is 13.1. The summed E-state index contributed by atoms with van der Waals surface area (Å²) < 4.78 is 7.79. The molecule has 0 saturated carbocycles. The van der Waals surface area contributed by atoms with E-state index in [9.17, 15) is 4.79 Å². The van der Waals surface area contributed by atoms with Gasteiger partial charge in [0.2, 0.25) is 0 Å². The topological polar surface area (TPSA) is 67.6 Å². The van der Waals surface area contributed by atoms with Crippen molar-refractivity contribution in [1.29, 1.82) is 0 Å². The molecule has 106 valence electrons. The molecule has 2 aromatic heterocycles. The minimum absolute atomic E-state index is 0.145. The van der Waals surface area contributed by atoms with Gasteiger partial charge in [-0.1, -0.05) is 11.6 Å². The molecule has 2 aromatic rings. The summed E-state index contributed by atoms with van der Waals surface area (Å²) in [5, 5.41) is 10.2. The molecule has 1 saturated heterocycles. The van der Waals surface area contributed by atoms with Crippen LogP contribution in [0.4, 0.5) is 4.79 Å². The van der Waals surface area contributed by atoms with E-state index >= 15 is 0 Å². The number of carboxylic acid groups (broad SMARTS) is 1. The van der Waals surface area contributed by atoms with E-state index in [1.807, 2.05) is 23.9 Å². The van der Waals surface area contributed by atoms with Gasteiger partial charge in [-0.3, -0.25) is 0 Å². The highest BCUT2D eigenvalue weighted by molar-refractivity contribution is 6.30. The lowest BCUT2D eigenvalue weighted by atomic mass is 10.3. The number of amides is 1. The zero-order valence-electron chi connectivity index (χ0n) is 10.9. The van der Waals surface area contributed by atoms with Gasteiger partial charge in [-0.25, -0.2) is 9.78 Å². The molecule has 1 atom stereocenters. The standard InChI is InChI=1S/C13H14ClN3O3/c1-16-4-3-9-10(6-11(14)15-12(9)16)20-8-2-5-17(7-8)13(18)19/h3-4,6,8H,2,5,7H2,1H3,(H,18,19)/t8-/m1/s1. The number of pyridine rings is 1. The summed E-state index contributed by atoms with van der Waals surface area (Å²) in [5.41, 5.74) is 0.751. The van der Waals surface area contributed by atoms with E-state index in [2.05, 4.69) is 4.98 Å². The molecular weight excluding hydrogens is 282 g/mol. The molecule has 1 aliphatic heterocycles. The molecule has 0 unspecified atom stereocenters. The van der Waals surface area contributed by atoms with Crippen molar-refractivity contribution in [2.75, 3.05) is 13.1 Å². The third kappa shape index (κ3) is 2.27. The van der Waals surface area contributed by atoms with E-state index in [-0.39, 0.29) is 6.10 Å². The SMILES string of the molecule is Cn1ccc2c(O[C@@H]3CCN(C(=O)O)C3)cc(Cl)nc21. The second-order valence-corrected chi connectivity index (χ2v) is 5.25. The van der Waals surface area contributed by atoms with Crippen molar-refractivity contribution >= 4 is 28.7 Å². The number of aromatic nitrogens is 2. The Hall–Kier alpha value is -1.95. The molecule has 0 aliphatic carbocycles. The predicted octanol–water partition coefficient (Wildman–Crippen LogP) is 2.36. The van der Waals surface area contributed by atoms with E-state index in [0.717, 1.165) is 11.0 Å². The largest absolute Gasteiger partial charge is 0.488 e. The van der Waals surface area contributed by atoms with Crippen LogP contribution < -0.4 is 4.74 Å². The maximum Gasteiger partial charge on any atom is 0.407 e. The molecule has 0 bridgehead atoms. The molecule has 0 radical (unpaired) electrons. The van der Waals surface area contributed by atoms with Crippen molar-refractivity contribution in [2.24, 2.45) is 7.05 Å². The summed E-state index contributed by atoms with van der Waals surface area (Å²) in [4.78, 5) is 16.5. The Morgan fingerprint density at radius 2 is 2.40 bits per heavy atom. The van der Waals surface area contributed by atoms with Crippen molar-refractivity contribution in [3.05, 3.63) is 23.5 Å². The summed E-state index contributed by atoms with van der Waals surface area (Å²) in [5.74, 6) is 0.651. The molecule has 1 amide bonds. The number of ether oxygens (including phenoxy) is 1. The quantitative estimate of drug-likeness (QED) is 0.864. The summed E-state index contributed by atoms with van der Waals surface area (Å²) in [7, 11) is 1.89. The van der Waals surface area contributed by atoms with Gasteiger partial charge in [0.15, 0.2) is 0 Å². The molecule has 1 fully saturated rings. The third-order valence-corrected chi connectivity index (χ3v) is 3.67. The number of nitrogens with zero attached hydrogens (tertiary/aromatic N) is 3. The molecule has 6 nitrogen and oxygen atoms in total. The van der Waals surface area contributed by atoms with Crippen LogP contribution in [0.3, 0.4) is 0 Å². The molecule has 1 N–H and O–H groups in total. The van der Waals surface area contributed by atoms with Gasteiger partial charge in [0.1, 0.15) is 22.7 Å². The number of carbonyl (C=O) groups is 1. The van der Waals surface area contributed by atoms with Crippen molar-refractivity contribution in [2.45, 2.75) is 12.5 Å². The van der Waals surface area contributed by atoms with Crippen LogP contribution in [-0.4, -0.2) is 44.8 Å². The smallest absolute Gasteiger partial charge is 0.407 e. The monoisotopic (exact) mass is 295 g/mol. The molecule has 3 heterocycles. The van der Waals surface area contributed by atoms with E-state index < -0.39 is 6.09 Å². The number of aryl methyl sites for hydroxylation is 1. The molecule has 3 rings (SSSR count). The van der Waals surface area contributed by atoms with Crippen molar-refractivity contribution in [3.63, 3.8) is 0 Å². The van der Waals surface area contributed by atoms with Crippen LogP contribution in [0.2, 0.25) is 5.15 Å². The van der Waals surface area contributed by atoms with Gasteiger partial charge in [-0.15, -0.1) is 0 Å². The fraction of sp³-hybridized carbons (Fsp3) is 0.385. The molecule has 0 aromatic carbocycles. The fourth-order valence-electron chi connectivity index (χ4n) is 2.45. The minimum atomic E-state index is -0.909. The highest BCUT2D eigenvalue weighted by Crippen LogP contribution is 2.30. The lowest BCUT2D eigenvalue weighted by Crippen LogP contribution is -2.29. The molecular formula is C13H14ClN3O3. The van der Waals surface area contributed by atoms with Gasteiger partial charge in [0.05, 0.1) is 11.9 Å². The summed E-state index contributed by atoms with van der Waals surface area (Å²) >= 11 is 6.01. The Balaban J connectivity index is 1.86. The van der Waals surface area contributed by atoms with E-state index in [1.54, 1.807) is 6.07 Å². The maximum absolute atomic E-state index is 10.9. The Bertz CT molecular complexity index is 670. The second kappa shape index (κ2) is 4.86. The van der Waals surface area contributed by atoms with Crippen molar-refractivity contribution in [1.82, 2.24) is 14.5 Å². The minimum Gasteiger partial charge on any atom is -0.488 e. The normalized spacial score (nSPS) is 18.7. The number of likely N-dealkylation sites (tertiary alicyclic amines) is 1. The lowest BCUT2D eigenvalue weighted by Gasteiger charge is -2.15. The zero-order chi connectivity index (χ0) is 14.3. The average Bonchev–Trinajstić information content (AvgIpc) is 2.98. The summed E-state index contributed by atoms with van der Waals surface area (Å²) in [6.07, 6.45) is 1.52. The molecule has 20 heavy (non-hydrogen) atoms. The third-order valence-electron chi connectivity index (χ3n) is 3.48. The number of hydrogen-bond acceptors (Lipinski definition) is 3. The van der Waals surface area contributed by atoms with Gasteiger partial charge < -0.3 is 19.3 Å². The second-order valence-electron chi connectivity index (χ2n) is 4.86. The summed E-state index contributed by atoms with van der Waals surface area (Å²) in [6, 6.07) is 3.59. The Kier molecular flexibility index (Phi) is 3.17. The number of rotatable bonds is 2. The van der Waals surface area contributed by atoms with Crippen LogP contribution in [0, 0.1) is 0 Å². The van der Waals surface area contributed by atoms with E-state index in [1.165, 1.54) is 4.90 Å². The predicted molar refractivity (Wildman–Crippen MR) is 74.4 cm³/mol. The first-order valence-corrected chi connectivity index (χ1v) is 6.68. The van der Waals surface area contributed by atoms with Gasteiger partial charge in [-0.2, -0.15) is 0 Å². The van der Waals surface area contributed by atoms with Crippen LogP contribution in [0.1, 0.15) is 6.42 Å². The summed E-state index contributed by atoms with van der Waals surface area (Å²) in [6.45, 7) is 0.875. The molecule has 1 aliphatic rings. The van der Waals surface area contributed by atoms with Gasteiger partial charge >= 0.3 is 6.09 Å². The molecule has 7 heteroatoms. The van der Waals surface area contributed by atoms with Gasteiger partial charge in [0, 0.05) is 32.3 Å². The number of fused-ring (bicyclic) bond motifs is 1. The first-order valence-electron chi connectivity index (χ1n) is 6.30. The number of halogens is 1. The lowest BCUT2D eigenvalue weighted by molar-refractivity contribution is 0.146. The Morgan fingerprint density at radius 1 is 1.60 bits per heavy atom. The first-order chi connectivity index (χ1) is 9.54. The molecule has 0 spiro atoms. The van der Waals surface area contributed by atoms with Crippen molar-refractivity contribution in [3.8, 4) is 5.75 Å². The van der Waals surface area contributed by atoms with Crippen LogP contribution >= 0.6 is 11.6 Å². The van der Waals surface area contributed by atoms with E-state index in [0.29, 0.717) is 30.4 Å². The average molecular weight is 296 g/mol. The van der Waals surface area contributed by atoms with Crippen molar-refractivity contribution < 1.29 is 14.6 Å². The van der Waals surface area contributed by atoms with Gasteiger partial charge in [-0.05, 0) is 6.07 Å². The highest BCUT2D eigenvalue weighted by Gasteiger charge is 2.27. The van der Waals surface area contributed by atoms with Crippen LogP contribution in [0.15, 0.2) is 18.3 Å². The Morgan fingerprint density at radius 3 is 3.10 bits per heavy atom. The highest BCUT2D eigenvalue weighted by atomic mass is 35.5.